The molecule has 2 aromatic rings. The van der Waals surface area contributed by atoms with Crippen LogP contribution in [0.15, 0.2) is 18.6 Å². The smallest absolute Gasteiger partial charge is 0.142 e. The van der Waals surface area contributed by atoms with Crippen molar-refractivity contribution in [2.75, 3.05) is 25.0 Å². The first-order valence-corrected chi connectivity index (χ1v) is 7.04. The molecule has 1 unspecified atom stereocenters. The molecular formula is C14H20ClN5. The molecule has 6 heteroatoms. The van der Waals surface area contributed by atoms with E-state index in [4.69, 9.17) is 0 Å². The summed E-state index contributed by atoms with van der Waals surface area (Å²) in [6.07, 6.45) is 6.15. The molecule has 0 bridgehead atoms. The van der Waals surface area contributed by atoms with Crippen LogP contribution >= 0.6 is 12.4 Å². The number of aromatic nitrogens is 3. The summed E-state index contributed by atoms with van der Waals surface area (Å²) in [5.74, 6) is 2.77. The van der Waals surface area contributed by atoms with Gasteiger partial charge in [0.15, 0.2) is 0 Å². The zero-order valence-corrected chi connectivity index (χ0v) is 12.4. The molecule has 2 aromatic heterocycles. The number of H-pyrrole nitrogens is 1. The van der Waals surface area contributed by atoms with Gasteiger partial charge in [0.25, 0.3) is 0 Å². The summed E-state index contributed by atoms with van der Waals surface area (Å²) >= 11 is 0. The molecule has 1 aliphatic heterocycles. The van der Waals surface area contributed by atoms with Crippen molar-refractivity contribution in [2.45, 2.75) is 18.9 Å². The highest BCUT2D eigenvalue weighted by Crippen LogP contribution is 2.38. The van der Waals surface area contributed by atoms with E-state index >= 15 is 0 Å². The molecule has 4 rings (SSSR count). The Bertz CT molecular complexity index is 586. The third-order valence-electron chi connectivity index (χ3n) is 4.84. The number of nitrogens with zero attached hydrogens (tertiary/aromatic N) is 3. The average molecular weight is 294 g/mol. The van der Waals surface area contributed by atoms with E-state index in [2.05, 4.69) is 38.3 Å². The van der Waals surface area contributed by atoms with Crippen LogP contribution in [-0.4, -0.2) is 41.1 Å². The molecular weight excluding hydrogens is 274 g/mol. The normalized spacial score (nSPS) is 28.4. The van der Waals surface area contributed by atoms with Gasteiger partial charge in [-0.3, -0.25) is 0 Å². The van der Waals surface area contributed by atoms with Crippen LogP contribution in [-0.2, 0) is 0 Å². The summed E-state index contributed by atoms with van der Waals surface area (Å²) in [4.78, 5) is 14.3. The van der Waals surface area contributed by atoms with Crippen molar-refractivity contribution in [3.8, 4) is 0 Å². The Morgan fingerprint density at radius 1 is 1.20 bits per heavy atom. The molecule has 1 saturated heterocycles. The summed E-state index contributed by atoms with van der Waals surface area (Å²) in [6, 6.07) is 2.68. The maximum atomic E-state index is 4.50. The van der Waals surface area contributed by atoms with Crippen LogP contribution in [0.25, 0.3) is 11.0 Å². The van der Waals surface area contributed by atoms with E-state index in [1.165, 1.54) is 25.9 Å². The Labute approximate surface area is 124 Å². The van der Waals surface area contributed by atoms with E-state index in [1.54, 1.807) is 6.33 Å². The van der Waals surface area contributed by atoms with Gasteiger partial charge in [0, 0.05) is 19.3 Å². The molecule has 0 spiro atoms. The lowest BCUT2D eigenvalue weighted by atomic mass is 10.0. The number of rotatable bonds is 2. The van der Waals surface area contributed by atoms with Gasteiger partial charge in [-0.15, -0.1) is 12.4 Å². The van der Waals surface area contributed by atoms with Gasteiger partial charge >= 0.3 is 0 Å². The van der Waals surface area contributed by atoms with Crippen molar-refractivity contribution in [3.63, 3.8) is 0 Å². The number of hydrogen-bond acceptors (Lipinski definition) is 4. The predicted octanol–water partition coefficient (Wildman–Crippen LogP) is 1.81. The van der Waals surface area contributed by atoms with Gasteiger partial charge in [0.05, 0.1) is 5.39 Å². The molecule has 3 atom stereocenters. The summed E-state index contributed by atoms with van der Waals surface area (Å²) in [6.45, 7) is 2.39. The minimum atomic E-state index is 0. The van der Waals surface area contributed by atoms with E-state index in [9.17, 15) is 0 Å². The summed E-state index contributed by atoms with van der Waals surface area (Å²) in [5, 5.41) is 4.63. The van der Waals surface area contributed by atoms with Crippen LogP contribution in [0.4, 0.5) is 5.82 Å². The quantitative estimate of drug-likeness (QED) is 0.887. The highest BCUT2D eigenvalue weighted by molar-refractivity contribution is 5.87. The third kappa shape index (κ3) is 2.05. The zero-order chi connectivity index (χ0) is 12.8. The third-order valence-corrected chi connectivity index (χ3v) is 4.84. The maximum absolute atomic E-state index is 4.50. The fourth-order valence-electron chi connectivity index (χ4n) is 3.76. The summed E-state index contributed by atoms with van der Waals surface area (Å²) < 4.78 is 0. The van der Waals surface area contributed by atoms with Gasteiger partial charge in [-0.25, -0.2) is 9.97 Å². The molecule has 5 nitrogen and oxygen atoms in total. The summed E-state index contributed by atoms with van der Waals surface area (Å²) in [7, 11) is 2.17. The molecule has 0 radical (unpaired) electrons. The minimum absolute atomic E-state index is 0. The van der Waals surface area contributed by atoms with Crippen LogP contribution in [0.5, 0.6) is 0 Å². The van der Waals surface area contributed by atoms with Crippen LogP contribution in [0.2, 0.25) is 0 Å². The van der Waals surface area contributed by atoms with Gasteiger partial charge < -0.3 is 15.2 Å². The van der Waals surface area contributed by atoms with Crippen LogP contribution < -0.4 is 10.2 Å². The second-order valence-corrected chi connectivity index (χ2v) is 5.85. The minimum Gasteiger partial charge on any atom is -0.356 e. The number of nitrogens with one attached hydrogen (secondary N) is 2. The van der Waals surface area contributed by atoms with Crippen molar-refractivity contribution in [1.29, 1.82) is 0 Å². The van der Waals surface area contributed by atoms with E-state index < -0.39 is 0 Å². The molecule has 20 heavy (non-hydrogen) atoms. The standard InChI is InChI=1S/C14H19N5.ClH/c1-19(11-4-9-6-15-7-10(9)5-11)14-12-2-3-16-13(12)17-8-18-14;/h2-3,8-11,15H,4-7H2,1H3,(H,16,17,18);1H/t9-,10?,11-;/m1./s1. The highest BCUT2D eigenvalue weighted by atomic mass is 35.5. The molecule has 2 fully saturated rings. The van der Waals surface area contributed by atoms with Crippen LogP contribution in [0.1, 0.15) is 12.8 Å². The lowest BCUT2D eigenvalue weighted by molar-refractivity contribution is 0.494. The van der Waals surface area contributed by atoms with Crippen LogP contribution in [0, 0.1) is 11.8 Å². The lowest BCUT2D eigenvalue weighted by Gasteiger charge is -2.26. The number of fused-ring (bicyclic) bond motifs is 2. The second kappa shape index (κ2) is 5.22. The predicted molar refractivity (Wildman–Crippen MR) is 82.4 cm³/mol. The van der Waals surface area contributed by atoms with Gasteiger partial charge in [-0.05, 0) is 43.8 Å². The maximum Gasteiger partial charge on any atom is 0.142 e. The largest absolute Gasteiger partial charge is 0.356 e. The van der Waals surface area contributed by atoms with Gasteiger partial charge in [0.2, 0.25) is 0 Å². The Kier molecular flexibility index (Phi) is 3.56. The molecule has 3 heterocycles. The van der Waals surface area contributed by atoms with Gasteiger partial charge in [-0.1, -0.05) is 0 Å². The van der Waals surface area contributed by atoms with Crippen molar-refractivity contribution >= 4 is 29.3 Å². The zero-order valence-electron chi connectivity index (χ0n) is 11.5. The first kappa shape index (κ1) is 13.6. The average Bonchev–Trinajstić information content (AvgIpc) is 3.11. The fraction of sp³-hybridized carbons (Fsp3) is 0.571. The number of aromatic amines is 1. The van der Waals surface area contributed by atoms with Gasteiger partial charge in [0.1, 0.15) is 17.8 Å². The monoisotopic (exact) mass is 293 g/mol. The Morgan fingerprint density at radius 3 is 2.70 bits per heavy atom. The van der Waals surface area contributed by atoms with Crippen molar-refractivity contribution < 1.29 is 0 Å². The lowest BCUT2D eigenvalue weighted by Crippen LogP contribution is -2.31. The van der Waals surface area contributed by atoms with E-state index in [0.717, 1.165) is 28.7 Å². The summed E-state index contributed by atoms with van der Waals surface area (Å²) in [5.41, 5.74) is 0.928. The molecule has 2 N–H and O–H groups in total. The highest BCUT2D eigenvalue weighted by Gasteiger charge is 2.39. The molecule has 0 amide bonds. The first-order valence-electron chi connectivity index (χ1n) is 7.04. The Balaban J connectivity index is 0.00000121. The van der Waals surface area contributed by atoms with Crippen molar-refractivity contribution in [1.82, 2.24) is 20.3 Å². The number of anilines is 1. The van der Waals surface area contributed by atoms with E-state index in [-0.39, 0.29) is 12.4 Å². The SMILES string of the molecule is CN(c1ncnc2[nH]ccc12)[C@H]1CC2CNC[C@H]2C1.Cl. The Morgan fingerprint density at radius 2 is 1.95 bits per heavy atom. The molecule has 108 valence electrons. The van der Waals surface area contributed by atoms with Gasteiger partial charge in [-0.2, -0.15) is 0 Å². The molecule has 1 aliphatic carbocycles. The fourth-order valence-corrected chi connectivity index (χ4v) is 3.76. The Hall–Kier alpha value is -1.33. The first-order chi connectivity index (χ1) is 9.33. The number of hydrogen-bond donors (Lipinski definition) is 2. The molecule has 2 aliphatic rings. The molecule has 1 saturated carbocycles. The van der Waals surface area contributed by atoms with Crippen molar-refractivity contribution in [3.05, 3.63) is 18.6 Å². The van der Waals surface area contributed by atoms with E-state index in [0.29, 0.717) is 6.04 Å². The van der Waals surface area contributed by atoms with E-state index in [1.807, 2.05) is 6.20 Å². The van der Waals surface area contributed by atoms with Crippen LogP contribution in [0.3, 0.4) is 0 Å². The topological polar surface area (TPSA) is 56.8 Å². The van der Waals surface area contributed by atoms with Crippen molar-refractivity contribution in [2.24, 2.45) is 11.8 Å². The number of halogens is 1. The molecule has 0 aromatic carbocycles. The second-order valence-electron chi connectivity index (χ2n) is 5.85.